The third-order valence-electron chi connectivity index (χ3n) is 4.98. The molecule has 9 nitrogen and oxygen atoms in total. The van der Waals surface area contributed by atoms with E-state index in [0.717, 1.165) is 28.1 Å². The predicted octanol–water partition coefficient (Wildman–Crippen LogP) is 1.28. The third-order valence-corrected chi connectivity index (χ3v) is 4.98. The number of carbonyl (C=O) groups is 1. The number of nitrogens with zero attached hydrogens (tertiary/aromatic N) is 5. The maximum atomic E-state index is 12.6. The molecule has 0 bridgehead atoms. The second kappa shape index (κ2) is 7.65. The fraction of sp³-hybridized carbons (Fsp3) is 0.450. The zero-order chi connectivity index (χ0) is 21.5. The van der Waals surface area contributed by atoms with Crippen molar-refractivity contribution in [3.8, 4) is 0 Å². The quantitative estimate of drug-likeness (QED) is 0.697. The highest BCUT2D eigenvalue weighted by atomic mass is 16.2. The van der Waals surface area contributed by atoms with Crippen molar-refractivity contribution in [2.24, 2.45) is 20.0 Å². The third kappa shape index (κ3) is 3.85. The first-order valence-corrected chi connectivity index (χ1v) is 9.48. The Bertz CT molecular complexity index is 1220. The molecule has 0 radical (unpaired) electrons. The Kier molecular flexibility index (Phi) is 5.41. The number of fused-ring (bicyclic) bond motifs is 1. The van der Waals surface area contributed by atoms with Crippen molar-refractivity contribution < 1.29 is 4.79 Å². The van der Waals surface area contributed by atoms with Gasteiger partial charge >= 0.3 is 5.69 Å². The number of nitrogens with one attached hydrogen (secondary N) is 1. The van der Waals surface area contributed by atoms with E-state index in [1.165, 1.54) is 17.8 Å². The van der Waals surface area contributed by atoms with Crippen LogP contribution in [0.25, 0.3) is 11.0 Å². The van der Waals surface area contributed by atoms with Gasteiger partial charge in [0.25, 0.3) is 5.56 Å². The number of hydrogen-bond acceptors (Lipinski definition) is 5. The minimum atomic E-state index is -0.451. The number of pyridine rings is 1. The zero-order valence-corrected chi connectivity index (χ0v) is 17.6. The summed E-state index contributed by atoms with van der Waals surface area (Å²) in [6.07, 6.45) is 1.63. The van der Waals surface area contributed by atoms with E-state index in [9.17, 15) is 14.4 Å². The molecule has 0 saturated carbocycles. The largest absolute Gasteiger partial charge is 0.332 e. The van der Waals surface area contributed by atoms with Gasteiger partial charge in [0.05, 0.1) is 29.4 Å². The number of hydrogen-bond donors (Lipinski definition) is 1. The lowest BCUT2D eigenvalue weighted by Crippen LogP contribution is -2.37. The highest BCUT2D eigenvalue weighted by molar-refractivity contribution is 5.94. The first-order chi connectivity index (χ1) is 13.6. The van der Waals surface area contributed by atoms with Crippen molar-refractivity contribution in [2.45, 2.75) is 40.7 Å². The van der Waals surface area contributed by atoms with Crippen LogP contribution in [0.2, 0.25) is 0 Å². The molecule has 1 N–H and O–H groups in total. The summed E-state index contributed by atoms with van der Waals surface area (Å²) >= 11 is 0. The van der Waals surface area contributed by atoms with Gasteiger partial charge in [0.15, 0.2) is 0 Å². The molecule has 0 aliphatic heterocycles. The van der Waals surface area contributed by atoms with Crippen molar-refractivity contribution in [3.63, 3.8) is 0 Å². The summed E-state index contributed by atoms with van der Waals surface area (Å²) in [5.74, 6) is 0.236. The molecule has 154 valence electrons. The van der Waals surface area contributed by atoms with E-state index in [4.69, 9.17) is 0 Å². The van der Waals surface area contributed by atoms with Gasteiger partial charge in [-0.15, -0.1) is 0 Å². The Morgan fingerprint density at radius 2 is 1.86 bits per heavy atom. The van der Waals surface area contributed by atoms with Gasteiger partial charge < -0.3 is 5.32 Å². The Hall–Kier alpha value is -3.23. The van der Waals surface area contributed by atoms with Gasteiger partial charge in [-0.3, -0.25) is 23.4 Å². The topological polar surface area (TPSA) is 104 Å². The number of anilines is 1. The first-order valence-electron chi connectivity index (χ1n) is 9.48. The summed E-state index contributed by atoms with van der Waals surface area (Å²) in [4.78, 5) is 41.2. The molecular weight excluding hydrogens is 372 g/mol. The minimum absolute atomic E-state index is 0.180. The zero-order valence-electron chi connectivity index (χ0n) is 17.6. The van der Waals surface area contributed by atoms with Crippen LogP contribution in [-0.2, 0) is 31.9 Å². The molecule has 0 spiro atoms. The normalized spacial score (nSPS) is 11.4. The highest BCUT2D eigenvalue weighted by Gasteiger charge is 2.17. The number of aryl methyl sites for hydroxylation is 2. The molecule has 0 aromatic carbocycles. The van der Waals surface area contributed by atoms with Gasteiger partial charge in [0.1, 0.15) is 5.65 Å². The highest BCUT2D eigenvalue weighted by Crippen LogP contribution is 2.17. The lowest BCUT2D eigenvalue weighted by Gasteiger charge is -2.10. The second-order valence-corrected chi connectivity index (χ2v) is 7.75. The van der Waals surface area contributed by atoms with Crippen LogP contribution in [0.3, 0.4) is 0 Å². The van der Waals surface area contributed by atoms with E-state index in [1.807, 2.05) is 18.5 Å². The van der Waals surface area contributed by atoms with Crippen LogP contribution in [0.4, 0.5) is 5.69 Å². The SMILES string of the molecule is Cc1nn(CC(C)C)c(C)c1CC(=O)Nc1cnc2c(c1)c(=O)n(C)c(=O)n2C. The Balaban J connectivity index is 1.87. The summed E-state index contributed by atoms with van der Waals surface area (Å²) in [5.41, 5.74) is 2.49. The molecule has 0 atom stereocenters. The summed E-state index contributed by atoms with van der Waals surface area (Å²) in [5, 5.41) is 7.60. The number of amides is 1. The van der Waals surface area contributed by atoms with Crippen molar-refractivity contribution in [1.29, 1.82) is 0 Å². The molecule has 0 aliphatic carbocycles. The molecule has 29 heavy (non-hydrogen) atoms. The van der Waals surface area contributed by atoms with E-state index in [0.29, 0.717) is 11.6 Å². The van der Waals surface area contributed by atoms with Crippen LogP contribution < -0.4 is 16.6 Å². The molecule has 3 aromatic rings. The van der Waals surface area contributed by atoms with Gasteiger partial charge in [-0.05, 0) is 25.8 Å². The van der Waals surface area contributed by atoms with Gasteiger partial charge in [-0.25, -0.2) is 9.78 Å². The van der Waals surface area contributed by atoms with Crippen LogP contribution >= 0.6 is 0 Å². The molecule has 3 rings (SSSR count). The fourth-order valence-electron chi connectivity index (χ4n) is 3.41. The van der Waals surface area contributed by atoms with E-state index < -0.39 is 11.2 Å². The smallest absolute Gasteiger partial charge is 0.324 e. The predicted molar refractivity (Wildman–Crippen MR) is 111 cm³/mol. The van der Waals surface area contributed by atoms with Crippen molar-refractivity contribution >= 4 is 22.6 Å². The molecule has 0 fully saturated rings. The number of carbonyl (C=O) groups excluding carboxylic acids is 1. The lowest BCUT2D eigenvalue weighted by molar-refractivity contribution is -0.115. The fourth-order valence-corrected chi connectivity index (χ4v) is 3.41. The van der Waals surface area contributed by atoms with Gasteiger partial charge in [-0.2, -0.15) is 5.10 Å². The van der Waals surface area contributed by atoms with Crippen molar-refractivity contribution in [3.05, 3.63) is 50.1 Å². The van der Waals surface area contributed by atoms with Crippen LogP contribution in [0.15, 0.2) is 21.9 Å². The standard InChI is InChI=1S/C20H26N6O3/c1-11(2)10-26-13(4)15(12(3)23-26)8-17(27)22-14-7-16-18(21-9-14)24(5)20(29)25(6)19(16)28/h7,9,11H,8,10H2,1-6H3,(H,22,27). The molecule has 3 heterocycles. The van der Waals surface area contributed by atoms with Crippen molar-refractivity contribution in [1.82, 2.24) is 23.9 Å². The van der Waals surface area contributed by atoms with Gasteiger partial charge in [0, 0.05) is 31.9 Å². The second-order valence-electron chi connectivity index (χ2n) is 7.75. The van der Waals surface area contributed by atoms with E-state index >= 15 is 0 Å². The molecule has 0 unspecified atom stereocenters. The molecule has 3 aromatic heterocycles. The lowest BCUT2D eigenvalue weighted by atomic mass is 10.1. The van der Waals surface area contributed by atoms with Gasteiger partial charge in [0.2, 0.25) is 5.91 Å². The van der Waals surface area contributed by atoms with Crippen LogP contribution in [-0.4, -0.2) is 29.8 Å². The minimum Gasteiger partial charge on any atom is -0.324 e. The maximum absolute atomic E-state index is 12.6. The summed E-state index contributed by atoms with van der Waals surface area (Å²) in [6.45, 7) is 8.90. The molecule has 9 heteroatoms. The number of aromatic nitrogens is 5. The number of rotatable bonds is 5. The first kappa shape index (κ1) is 20.5. The molecule has 0 saturated heterocycles. The Morgan fingerprint density at radius 3 is 2.52 bits per heavy atom. The molecule has 1 amide bonds. The summed E-state index contributed by atoms with van der Waals surface area (Å²) in [6, 6.07) is 1.55. The monoisotopic (exact) mass is 398 g/mol. The summed E-state index contributed by atoms with van der Waals surface area (Å²) < 4.78 is 4.26. The molecular formula is C20H26N6O3. The van der Waals surface area contributed by atoms with E-state index in [1.54, 1.807) is 13.1 Å². The van der Waals surface area contributed by atoms with Crippen LogP contribution in [0, 0.1) is 19.8 Å². The van der Waals surface area contributed by atoms with Crippen LogP contribution in [0.1, 0.15) is 30.8 Å². The Labute approximate surface area is 168 Å². The van der Waals surface area contributed by atoms with Crippen molar-refractivity contribution in [2.75, 3.05) is 5.32 Å². The van der Waals surface area contributed by atoms with E-state index in [2.05, 4.69) is 29.2 Å². The average Bonchev–Trinajstić information content (AvgIpc) is 2.91. The van der Waals surface area contributed by atoms with Crippen LogP contribution in [0.5, 0.6) is 0 Å². The Morgan fingerprint density at radius 1 is 1.17 bits per heavy atom. The van der Waals surface area contributed by atoms with E-state index in [-0.39, 0.29) is 23.4 Å². The maximum Gasteiger partial charge on any atom is 0.332 e. The average molecular weight is 398 g/mol. The summed E-state index contributed by atoms with van der Waals surface area (Å²) in [7, 11) is 2.96. The van der Waals surface area contributed by atoms with Gasteiger partial charge in [-0.1, -0.05) is 13.8 Å². The molecule has 0 aliphatic rings.